The van der Waals surface area contributed by atoms with Crippen LogP contribution in [0.1, 0.15) is 11.1 Å². The number of hydrogen-bond donors (Lipinski definition) is 1. The van der Waals surface area contributed by atoms with Gasteiger partial charge in [-0.3, -0.25) is 10.1 Å². The number of hydrogen-bond acceptors (Lipinski definition) is 6. The molecule has 0 saturated carbocycles. The molecule has 2 aromatic rings. The van der Waals surface area contributed by atoms with Crippen molar-refractivity contribution in [2.45, 2.75) is 24.8 Å². The van der Waals surface area contributed by atoms with E-state index in [2.05, 4.69) is 5.10 Å². The molecule has 0 heterocycles. The van der Waals surface area contributed by atoms with Crippen molar-refractivity contribution in [2.75, 3.05) is 7.11 Å². The van der Waals surface area contributed by atoms with E-state index in [1.807, 2.05) is 0 Å². The second-order valence-corrected chi connectivity index (χ2v) is 7.43. The van der Waals surface area contributed by atoms with Crippen LogP contribution in [0.15, 0.2) is 41.5 Å². The van der Waals surface area contributed by atoms with Gasteiger partial charge in [-0.1, -0.05) is 12.1 Å². The third-order valence-corrected chi connectivity index (χ3v) is 4.73. The summed E-state index contributed by atoms with van der Waals surface area (Å²) < 4.78 is 99.8. The highest BCUT2D eigenvalue weighted by Gasteiger charge is 2.73. The van der Waals surface area contributed by atoms with Crippen LogP contribution >= 0.6 is 22.6 Å². The molecule has 15 heteroatoms. The Balaban J connectivity index is 2.18. The number of halogens is 8. The molecule has 2 aromatic carbocycles. The normalized spacial score (nSPS) is 12.6. The molecule has 0 aliphatic rings. The van der Waals surface area contributed by atoms with Crippen molar-refractivity contribution in [1.29, 1.82) is 0 Å². The fourth-order valence-corrected chi connectivity index (χ4v) is 3.09. The molecule has 0 aliphatic heterocycles. The van der Waals surface area contributed by atoms with Crippen LogP contribution < -0.4 is 14.9 Å². The van der Waals surface area contributed by atoms with Gasteiger partial charge in [0.25, 0.3) is 5.69 Å². The average molecular weight is 595 g/mol. The van der Waals surface area contributed by atoms with Crippen LogP contribution in [0.2, 0.25) is 0 Å². The topological polar surface area (TPSA) is 86.0 Å². The highest BCUT2D eigenvalue weighted by Crippen LogP contribution is 2.45. The Labute approximate surface area is 194 Å². The lowest BCUT2D eigenvalue weighted by Crippen LogP contribution is -2.58. The first-order valence-electron chi connectivity index (χ1n) is 8.56. The molecule has 0 bridgehead atoms. The number of nitrogens with one attached hydrogen (secondary N) is 1. The Morgan fingerprint density at radius 2 is 1.82 bits per heavy atom. The average Bonchev–Trinajstić information content (AvgIpc) is 2.71. The van der Waals surface area contributed by atoms with E-state index >= 15 is 0 Å². The van der Waals surface area contributed by atoms with Crippen molar-refractivity contribution in [1.82, 2.24) is 5.43 Å². The molecular formula is C18H13F7IN3O4. The van der Waals surface area contributed by atoms with Crippen molar-refractivity contribution < 1.29 is 45.1 Å². The van der Waals surface area contributed by atoms with Gasteiger partial charge in [-0.05, 0) is 45.9 Å². The first-order chi connectivity index (χ1) is 15.2. The molecule has 0 aromatic heterocycles. The van der Waals surface area contributed by atoms with Gasteiger partial charge in [0.05, 0.1) is 21.8 Å². The van der Waals surface area contributed by atoms with E-state index in [1.54, 1.807) is 28.7 Å². The summed E-state index contributed by atoms with van der Waals surface area (Å²) in [5.74, 6) is -6.13. The van der Waals surface area contributed by atoms with Gasteiger partial charge in [0.15, 0.2) is 11.5 Å². The van der Waals surface area contributed by atoms with Gasteiger partial charge >= 0.3 is 18.1 Å². The summed E-state index contributed by atoms with van der Waals surface area (Å²) in [6.07, 6.45) is -5.90. The Bertz CT molecular complexity index is 1050. The second-order valence-electron chi connectivity index (χ2n) is 6.27. The lowest BCUT2D eigenvalue weighted by molar-refractivity contribution is -0.384. The number of nitro benzene ring substituents is 1. The molecule has 2 rings (SSSR count). The summed E-state index contributed by atoms with van der Waals surface area (Å²) in [5, 5.41) is 13.6. The fraction of sp³-hybridized carbons (Fsp3) is 0.278. The molecule has 0 radical (unpaired) electrons. The third kappa shape index (κ3) is 6.14. The fourth-order valence-electron chi connectivity index (χ4n) is 2.31. The number of rotatable bonds is 9. The molecule has 0 aliphatic carbocycles. The number of methoxy groups -OCH3 is 1. The van der Waals surface area contributed by atoms with Gasteiger partial charge in [0.1, 0.15) is 6.61 Å². The van der Waals surface area contributed by atoms with Crippen LogP contribution in [-0.2, 0) is 6.61 Å². The third-order valence-electron chi connectivity index (χ3n) is 3.93. The number of non-ortho nitro benzene ring substituents is 1. The number of nitrogens with zero attached hydrogens (tertiary/aromatic N) is 2. The Hall–Kier alpha value is -2.85. The number of ether oxygens (including phenoxy) is 2. The van der Waals surface area contributed by atoms with E-state index in [-0.39, 0.29) is 29.4 Å². The standard InChI is InChI=1S/C18H13F7IN3O4/c1-32-14-7-11(8-27-28-18(24,25)16(19,20)17(21,22)23)6-13(26)15(14)33-9-10-3-2-4-12(5-10)29(30)31/h2-8,28H,9H2,1H3/b27-8+. The molecule has 1 N–H and O–H groups in total. The Kier molecular flexibility index (Phi) is 7.97. The number of hydrazone groups is 1. The zero-order valence-corrected chi connectivity index (χ0v) is 18.5. The first-order valence-corrected chi connectivity index (χ1v) is 9.63. The molecule has 0 amide bonds. The zero-order valence-electron chi connectivity index (χ0n) is 16.3. The van der Waals surface area contributed by atoms with Crippen molar-refractivity contribution in [3.05, 3.63) is 61.2 Å². The van der Waals surface area contributed by atoms with E-state index in [9.17, 15) is 40.8 Å². The first kappa shape index (κ1) is 26.4. The molecule has 7 nitrogen and oxygen atoms in total. The second kappa shape index (κ2) is 9.96. The summed E-state index contributed by atoms with van der Waals surface area (Å²) in [7, 11) is 1.24. The Morgan fingerprint density at radius 1 is 1.15 bits per heavy atom. The zero-order chi connectivity index (χ0) is 25.0. The van der Waals surface area contributed by atoms with Crippen LogP contribution in [-0.4, -0.2) is 36.4 Å². The van der Waals surface area contributed by atoms with Crippen LogP contribution in [0.5, 0.6) is 11.5 Å². The van der Waals surface area contributed by atoms with Gasteiger partial charge in [0.2, 0.25) is 0 Å². The molecule has 33 heavy (non-hydrogen) atoms. The van der Waals surface area contributed by atoms with Crippen molar-refractivity contribution in [3.8, 4) is 11.5 Å². The highest BCUT2D eigenvalue weighted by atomic mass is 127. The molecule has 0 fully saturated rings. The van der Waals surface area contributed by atoms with Crippen LogP contribution in [0.25, 0.3) is 0 Å². The Morgan fingerprint density at radius 3 is 2.39 bits per heavy atom. The maximum Gasteiger partial charge on any atom is 0.462 e. The SMILES string of the molecule is COc1cc(/C=N/NC(F)(F)C(F)(F)C(F)(F)F)cc(I)c1OCc1cccc([N+](=O)[O-])c1. The summed E-state index contributed by atoms with van der Waals surface area (Å²) >= 11 is 1.77. The van der Waals surface area contributed by atoms with Crippen molar-refractivity contribution >= 4 is 34.5 Å². The van der Waals surface area contributed by atoms with Crippen LogP contribution in [0.3, 0.4) is 0 Å². The molecule has 0 atom stereocenters. The van der Waals surface area contributed by atoms with Gasteiger partial charge in [-0.15, -0.1) is 0 Å². The molecule has 0 spiro atoms. The minimum absolute atomic E-state index is 0.0116. The van der Waals surface area contributed by atoms with Crippen LogP contribution in [0, 0.1) is 13.7 Å². The maximum absolute atomic E-state index is 13.2. The van der Waals surface area contributed by atoms with Gasteiger partial charge < -0.3 is 9.47 Å². The highest BCUT2D eigenvalue weighted by molar-refractivity contribution is 14.1. The van der Waals surface area contributed by atoms with E-state index in [0.29, 0.717) is 20.8 Å². The van der Waals surface area contributed by atoms with Gasteiger partial charge in [-0.25, -0.2) is 5.43 Å². The van der Waals surface area contributed by atoms with Gasteiger partial charge in [-0.2, -0.15) is 35.8 Å². The number of benzene rings is 2. The summed E-state index contributed by atoms with van der Waals surface area (Å²) in [5.41, 5.74) is 0.849. The maximum atomic E-state index is 13.2. The van der Waals surface area contributed by atoms with E-state index in [0.717, 1.165) is 0 Å². The lowest BCUT2D eigenvalue weighted by atomic mass is 10.2. The van der Waals surface area contributed by atoms with E-state index in [4.69, 9.17) is 9.47 Å². The van der Waals surface area contributed by atoms with E-state index < -0.39 is 23.1 Å². The predicted molar refractivity (Wildman–Crippen MR) is 110 cm³/mol. The van der Waals surface area contributed by atoms with E-state index in [1.165, 1.54) is 37.4 Å². The summed E-state index contributed by atoms with van der Waals surface area (Å²) in [6.45, 7) is -0.0955. The van der Waals surface area contributed by atoms with Gasteiger partial charge in [0, 0.05) is 12.1 Å². The minimum atomic E-state index is -6.49. The number of alkyl halides is 7. The lowest BCUT2D eigenvalue weighted by Gasteiger charge is -2.27. The van der Waals surface area contributed by atoms with Crippen molar-refractivity contribution in [3.63, 3.8) is 0 Å². The smallest absolute Gasteiger partial charge is 0.462 e. The monoisotopic (exact) mass is 595 g/mol. The number of nitro groups is 1. The largest absolute Gasteiger partial charge is 0.493 e. The summed E-state index contributed by atoms with van der Waals surface area (Å²) in [4.78, 5) is 10.3. The minimum Gasteiger partial charge on any atom is -0.493 e. The molecule has 180 valence electrons. The molecular weight excluding hydrogens is 582 g/mol. The predicted octanol–water partition coefficient (Wildman–Crippen LogP) is 5.50. The molecule has 0 saturated heterocycles. The van der Waals surface area contributed by atoms with Crippen LogP contribution in [0.4, 0.5) is 36.4 Å². The quantitative estimate of drug-likeness (QED) is 0.103. The summed E-state index contributed by atoms with van der Waals surface area (Å²) in [6, 6.07) is 2.44. The molecule has 0 unspecified atom stereocenters. The van der Waals surface area contributed by atoms with Crippen molar-refractivity contribution in [2.24, 2.45) is 5.10 Å².